The molecule has 2 saturated heterocycles. The monoisotopic (exact) mass is 301 g/mol. The Labute approximate surface area is 125 Å². The van der Waals surface area contributed by atoms with Crippen molar-refractivity contribution < 1.29 is 24.4 Å². The maximum Gasteiger partial charge on any atom is 0.341 e. The van der Waals surface area contributed by atoms with Crippen LogP contribution in [0.5, 0.6) is 0 Å². The number of hydrogen-bond donors (Lipinski definition) is 2. The van der Waals surface area contributed by atoms with E-state index in [0.29, 0.717) is 13.1 Å². The summed E-state index contributed by atoms with van der Waals surface area (Å²) in [6.45, 7) is 6.14. The van der Waals surface area contributed by atoms with E-state index in [4.69, 9.17) is 4.74 Å². The number of rotatable bonds is 5. The van der Waals surface area contributed by atoms with Gasteiger partial charge >= 0.3 is 5.97 Å². The van der Waals surface area contributed by atoms with Gasteiger partial charge in [0, 0.05) is 19.3 Å². The van der Waals surface area contributed by atoms with Crippen molar-refractivity contribution >= 4 is 5.97 Å². The molecule has 2 N–H and O–H groups in total. The molecule has 2 unspecified atom stereocenters. The van der Waals surface area contributed by atoms with Gasteiger partial charge in [-0.2, -0.15) is 0 Å². The van der Waals surface area contributed by atoms with Gasteiger partial charge in [-0.1, -0.05) is 13.8 Å². The van der Waals surface area contributed by atoms with E-state index in [1.807, 2.05) is 0 Å². The standard InChI is InChI=1S/C15H27NO5/c1-10(2)15(19,11(3)17)14(18)21-9-12-6-8-16(20)7-4-5-13(12)16/h10-13,17,19H,4-9H2,1-3H3/t11?,12-,13+,15-,16?/m1/s1. The smallest absolute Gasteiger partial charge is 0.341 e. The number of quaternary nitrogens is 1. The number of aliphatic hydroxyl groups excluding tert-OH is 1. The Morgan fingerprint density at radius 3 is 2.62 bits per heavy atom. The average Bonchev–Trinajstić information content (AvgIpc) is 2.91. The third-order valence-corrected chi connectivity index (χ3v) is 5.34. The van der Waals surface area contributed by atoms with Gasteiger partial charge in [-0.15, -0.1) is 0 Å². The highest BCUT2D eigenvalue weighted by Gasteiger charge is 2.49. The quantitative estimate of drug-likeness (QED) is 0.445. The summed E-state index contributed by atoms with van der Waals surface area (Å²) in [4.78, 5) is 12.2. The summed E-state index contributed by atoms with van der Waals surface area (Å²) in [6, 6.07) is 0.0245. The predicted octanol–water partition coefficient (Wildman–Crippen LogP) is 0.794. The van der Waals surface area contributed by atoms with Crippen LogP contribution in [0.1, 0.15) is 40.0 Å². The van der Waals surface area contributed by atoms with Crippen LogP contribution in [0.4, 0.5) is 0 Å². The molecule has 0 radical (unpaired) electrons. The van der Waals surface area contributed by atoms with Crippen molar-refractivity contribution in [3.05, 3.63) is 5.21 Å². The zero-order valence-corrected chi connectivity index (χ0v) is 13.1. The number of aliphatic hydroxyl groups is 2. The second-order valence-corrected chi connectivity index (χ2v) is 6.91. The van der Waals surface area contributed by atoms with E-state index in [1.165, 1.54) is 6.92 Å². The molecule has 0 aromatic heterocycles. The molecule has 2 heterocycles. The Bertz CT molecular complexity index is 390. The first-order valence-corrected chi connectivity index (χ1v) is 7.87. The van der Waals surface area contributed by atoms with Crippen molar-refractivity contribution in [2.45, 2.75) is 57.8 Å². The van der Waals surface area contributed by atoms with E-state index in [1.54, 1.807) is 13.8 Å². The molecular formula is C15H27NO5. The molecule has 0 amide bonds. The normalized spacial score (nSPS) is 36.3. The number of nitrogens with zero attached hydrogens (tertiary/aromatic N) is 1. The Morgan fingerprint density at radius 2 is 2.05 bits per heavy atom. The molecule has 21 heavy (non-hydrogen) atoms. The summed E-state index contributed by atoms with van der Waals surface area (Å²) in [7, 11) is 0. The first kappa shape index (κ1) is 16.7. The van der Waals surface area contributed by atoms with Crippen LogP contribution in [0, 0.1) is 17.0 Å². The van der Waals surface area contributed by atoms with Gasteiger partial charge in [0.25, 0.3) is 0 Å². The van der Waals surface area contributed by atoms with Crippen molar-refractivity contribution in [1.82, 2.24) is 0 Å². The molecule has 2 aliphatic heterocycles. The number of ether oxygens (including phenoxy) is 1. The van der Waals surface area contributed by atoms with Gasteiger partial charge in [-0.25, -0.2) is 4.79 Å². The summed E-state index contributed by atoms with van der Waals surface area (Å²) < 4.78 is 5.12. The van der Waals surface area contributed by atoms with Crippen LogP contribution >= 0.6 is 0 Å². The summed E-state index contributed by atoms with van der Waals surface area (Å²) in [5.74, 6) is -1.17. The molecular weight excluding hydrogens is 274 g/mol. The van der Waals surface area contributed by atoms with E-state index in [9.17, 15) is 20.2 Å². The van der Waals surface area contributed by atoms with Gasteiger partial charge in [-0.05, 0) is 12.8 Å². The lowest BCUT2D eigenvalue weighted by Crippen LogP contribution is -2.53. The van der Waals surface area contributed by atoms with E-state index < -0.39 is 23.6 Å². The van der Waals surface area contributed by atoms with Crippen molar-refractivity contribution in [3.63, 3.8) is 0 Å². The van der Waals surface area contributed by atoms with Gasteiger partial charge in [0.05, 0.1) is 31.2 Å². The number of esters is 1. The van der Waals surface area contributed by atoms with E-state index in [2.05, 4.69) is 0 Å². The van der Waals surface area contributed by atoms with Crippen LogP contribution in [-0.2, 0) is 9.53 Å². The fourth-order valence-corrected chi connectivity index (χ4v) is 3.82. The molecule has 0 aliphatic carbocycles. The summed E-state index contributed by atoms with van der Waals surface area (Å²) in [5, 5.41) is 32.5. The zero-order chi connectivity index (χ0) is 15.8. The number of carbonyl (C=O) groups excluding carboxylic acids is 1. The van der Waals surface area contributed by atoms with Crippen LogP contribution in [0.15, 0.2) is 0 Å². The van der Waals surface area contributed by atoms with Crippen molar-refractivity contribution in [2.24, 2.45) is 11.8 Å². The Kier molecular flexibility index (Phi) is 4.63. The van der Waals surface area contributed by atoms with Crippen LogP contribution < -0.4 is 0 Å². The lowest BCUT2D eigenvalue weighted by atomic mass is 9.85. The molecule has 0 spiro atoms. The third-order valence-electron chi connectivity index (χ3n) is 5.34. The Morgan fingerprint density at radius 1 is 1.38 bits per heavy atom. The molecule has 2 rings (SSSR count). The number of carbonyl (C=O) groups is 1. The zero-order valence-electron chi connectivity index (χ0n) is 13.1. The predicted molar refractivity (Wildman–Crippen MR) is 76.9 cm³/mol. The lowest BCUT2D eigenvalue weighted by Gasteiger charge is -2.40. The molecule has 2 aliphatic rings. The molecule has 0 bridgehead atoms. The van der Waals surface area contributed by atoms with Crippen molar-refractivity contribution in [3.8, 4) is 0 Å². The highest BCUT2D eigenvalue weighted by atomic mass is 16.6. The summed E-state index contributed by atoms with van der Waals surface area (Å²) >= 11 is 0. The lowest BCUT2D eigenvalue weighted by molar-refractivity contribution is -0.881. The number of fused-ring (bicyclic) bond motifs is 1. The van der Waals surface area contributed by atoms with Gasteiger partial charge in [0.2, 0.25) is 0 Å². The second-order valence-electron chi connectivity index (χ2n) is 6.91. The summed E-state index contributed by atoms with van der Waals surface area (Å²) in [5.41, 5.74) is -1.89. The molecule has 122 valence electrons. The minimum atomic E-state index is -1.89. The second kappa shape index (κ2) is 5.83. The van der Waals surface area contributed by atoms with Crippen LogP contribution in [0.25, 0.3) is 0 Å². The van der Waals surface area contributed by atoms with Gasteiger partial charge in [0.15, 0.2) is 5.60 Å². The maximum atomic E-state index is 12.4. The Hall–Kier alpha value is -0.690. The van der Waals surface area contributed by atoms with Gasteiger partial charge in [0.1, 0.15) is 6.61 Å². The maximum absolute atomic E-state index is 12.4. The molecule has 0 aromatic rings. The highest BCUT2D eigenvalue weighted by Crippen LogP contribution is 2.39. The SMILES string of the molecule is CC(C)[C@](O)(C(=O)OC[C@H]1CC[N+]2([O-])CCC[C@@H]12)C(C)O. The third kappa shape index (κ3) is 2.82. The van der Waals surface area contributed by atoms with E-state index >= 15 is 0 Å². The summed E-state index contributed by atoms with van der Waals surface area (Å²) in [6.07, 6.45) is 1.38. The molecule has 0 aromatic carbocycles. The van der Waals surface area contributed by atoms with Crippen LogP contribution in [-0.4, -0.2) is 58.3 Å². The number of hydrogen-bond acceptors (Lipinski definition) is 5. The highest BCUT2D eigenvalue weighted by molar-refractivity contribution is 5.80. The minimum Gasteiger partial charge on any atom is -0.633 e. The topological polar surface area (TPSA) is 89.8 Å². The van der Waals surface area contributed by atoms with Crippen molar-refractivity contribution in [1.29, 1.82) is 0 Å². The van der Waals surface area contributed by atoms with E-state index in [0.717, 1.165) is 19.3 Å². The molecule has 2 fully saturated rings. The first-order valence-electron chi connectivity index (χ1n) is 7.87. The fraction of sp³-hybridized carbons (Fsp3) is 0.933. The van der Waals surface area contributed by atoms with Crippen LogP contribution in [0.2, 0.25) is 0 Å². The van der Waals surface area contributed by atoms with Gasteiger partial charge < -0.3 is 24.8 Å². The molecule has 0 saturated carbocycles. The molecule has 5 atom stereocenters. The van der Waals surface area contributed by atoms with Gasteiger partial charge in [-0.3, -0.25) is 0 Å². The van der Waals surface area contributed by atoms with Crippen LogP contribution in [0.3, 0.4) is 0 Å². The largest absolute Gasteiger partial charge is 0.633 e. The first-order chi connectivity index (χ1) is 9.71. The Balaban J connectivity index is 1.95. The average molecular weight is 301 g/mol. The fourth-order valence-electron chi connectivity index (χ4n) is 3.82. The molecule has 6 heteroatoms. The minimum absolute atomic E-state index is 0.0245. The van der Waals surface area contributed by atoms with E-state index in [-0.39, 0.29) is 23.2 Å². The number of hydroxylamine groups is 3. The van der Waals surface area contributed by atoms with Crippen molar-refractivity contribution in [2.75, 3.05) is 19.7 Å². The molecule has 6 nitrogen and oxygen atoms in total.